The average Bonchev–Trinajstić information content (AvgIpc) is 2.47. The number of benzene rings is 1. The van der Waals surface area contributed by atoms with Crippen LogP contribution in [0.1, 0.15) is 24.6 Å². The Morgan fingerprint density at radius 3 is 2.48 bits per heavy atom. The summed E-state index contributed by atoms with van der Waals surface area (Å²) in [4.78, 5) is 15.2. The molecule has 0 atom stereocenters. The van der Waals surface area contributed by atoms with Crippen LogP contribution in [-0.4, -0.2) is 22.7 Å². The van der Waals surface area contributed by atoms with Gasteiger partial charge in [-0.1, -0.05) is 13.0 Å². The minimum Gasteiger partial charge on any atom is -0.494 e. The fraction of sp³-hybridized carbons (Fsp3) is 0.294. The summed E-state index contributed by atoms with van der Waals surface area (Å²) < 4.78 is 5.55. The molecule has 0 fully saturated rings. The first-order chi connectivity index (χ1) is 10.1. The van der Waals surface area contributed by atoms with Crippen LogP contribution in [-0.2, 0) is 11.2 Å². The number of aromatic nitrogens is 1. The second kappa shape index (κ2) is 6.88. The predicted octanol–water partition coefficient (Wildman–Crippen LogP) is 3.47. The maximum Gasteiger partial charge on any atom is 0.307 e. The van der Waals surface area contributed by atoms with Gasteiger partial charge in [0.2, 0.25) is 0 Å². The van der Waals surface area contributed by atoms with Gasteiger partial charge in [0.25, 0.3) is 0 Å². The zero-order valence-corrected chi connectivity index (χ0v) is 12.3. The highest BCUT2D eigenvalue weighted by atomic mass is 16.5. The van der Waals surface area contributed by atoms with Crippen LogP contribution >= 0.6 is 0 Å². The summed E-state index contributed by atoms with van der Waals surface area (Å²) in [5.74, 6) is 0.00453. The molecule has 4 heteroatoms. The van der Waals surface area contributed by atoms with Gasteiger partial charge in [-0.3, -0.25) is 9.78 Å². The van der Waals surface area contributed by atoms with Crippen LogP contribution in [0.25, 0.3) is 11.3 Å². The molecule has 2 rings (SSSR count). The maximum absolute atomic E-state index is 10.8. The summed E-state index contributed by atoms with van der Waals surface area (Å²) >= 11 is 0. The average molecular weight is 285 g/mol. The molecular weight excluding hydrogens is 266 g/mol. The van der Waals surface area contributed by atoms with E-state index in [1.54, 1.807) is 0 Å². The van der Waals surface area contributed by atoms with Crippen LogP contribution in [0.3, 0.4) is 0 Å². The number of rotatable bonds is 6. The smallest absolute Gasteiger partial charge is 0.307 e. The van der Waals surface area contributed by atoms with Crippen molar-refractivity contribution < 1.29 is 14.6 Å². The number of hydrogen-bond donors (Lipinski definition) is 1. The third-order valence-corrected chi connectivity index (χ3v) is 3.16. The van der Waals surface area contributed by atoms with Crippen molar-refractivity contribution in [1.82, 2.24) is 4.98 Å². The molecule has 1 N–H and O–H groups in total. The molecule has 4 nitrogen and oxygen atoms in total. The van der Waals surface area contributed by atoms with Crippen molar-refractivity contribution in [3.8, 4) is 17.0 Å². The van der Waals surface area contributed by atoms with E-state index in [-0.39, 0.29) is 6.42 Å². The number of pyridine rings is 1. The molecule has 0 saturated heterocycles. The minimum atomic E-state index is -0.843. The number of nitrogens with zero attached hydrogens (tertiary/aromatic N) is 1. The molecule has 0 aliphatic carbocycles. The highest BCUT2D eigenvalue weighted by Crippen LogP contribution is 2.22. The van der Waals surface area contributed by atoms with Crippen molar-refractivity contribution in [3.63, 3.8) is 0 Å². The lowest BCUT2D eigenvalue weighted by molar-refractivity contribution is -0.136. The van der Waals surface area contributed by atoms with Crippen molar-refractivity contribution in [1.29, 1.82) is 0 Å². The van der Waals surface area contributed by atoms with Gasteiger partial charge < -0.3 is 9.84 Å². The Morgan fingerprint density at radius 2 is 1.90 bits per heavy atom. The van der Waals surface area contributed by atoms with Gasteiger partial charge in [-0.15, -0.1) is 0 Å². The van der Waals surface area contributed by atoms with Crippen LogP contribution in [0.2, 0.25) is 0 Å². The Hall–Kier alpha value is -2.36. The van der Waals surface area contributed by atoms with Gasteiger partial charge in [-0.25, -0.2) is 0 Å². The third kappa shape index (κ3) is 4.05. The Bertz CT molecular complexity index is 620. The van der Waals surface area contributed by atoms with Crippen LogP contribution in [0, 0.1) is 6.92 Å². The molecule has 0 radical (unpaired) electrons. The SMILES string of the molecule is CCCOc1ccc(-c2ccc(CC(=O)O)c(C)n2)cc1. The van der Waals surface area contributed by atoms with E-state index in [2.05, 4.69) is 11.9 Å². The van der Waals surface area contributed by atoms with Crippen LogP contribution in [0.4, 0.5) is 0 Å². The van der Waals surface area contributed by atoms with E-state index in [9.17, 15) is 4.79 Å². The first kappa shape index (κ1) is 15.0. The quantitative estimate of drug-likeness (QED) is 0.882. The Morgan fingerprint density at radius 1 is 1.19 bits per heavy atom. The lowest BCUT2D eigenvalue weighted by Crippen LogP contribution is -2.03. The van der Waals surface area contributed by atoms with E-state index in [0.29, 0.717) is 6.61 Å². The van der Waals surface area contributed by atoms with Gasteiger partial charge in [0.1, 0.15) is 5.75 Å². The number of carboxylic acid groups (broad SMARTS) is 1. The molecule has 0 aliphatic rings. The minimum absolute atomic E-state index is 0.00289. The van der Waals surface area contributed by atoms with E-state index in [0.717, 1.165) is 34.7 Å². The van der Waals surface area contributed by atoms with Gasteiger partial charge in [0.05, 0.1) is 18.7 Å². The Balaban J connectivity index is 2.18. The lowest BCUT2D eigenvalue weighted by Gasteiger charge is -2.08. The second-order valence-electron chi connectivity index (χ2n) is 4.88. The van der Waals surface area contributed by atoms with E-state index in [4.69, 9.17) is 9.84 Å². The number of aliphatic carboxylic acids is 1. The van der Waals surface area contributed by atoms with Gasteiger partial charge >= 0.3 is 5.97 Å². The van der Waals surface area contributed by atoms with Crippen molar-refractivity contribution >= 4 is 5.97 Å². The lowest BCUT2D eigenvalue weighted by atomic mass is 10.1. The van der Waals surface area contributed by atoms with E-state index < -0.39 is 5.97 Å². The van der Waals surface area contributed by atoms with Crippen molar-refractivity contribution in [2.75, 3.05) is 6.61 Å². The standard InChI is InChI=1S/C17H19NO3/c1-3-10-21-15-7-4-13(5-8-15)16-9-6-14(11-17(19)20)12(2)18-16/h4-9H,3,10-11H2,1-2H3,(H,19,20). The normalized spacial score (nSPS) is 10.4. The summed E-state index contributed by atoms with van der Waals surface area (Å²) in [7, 11) is 0. The molecular formula is C17H19NO3. The molecule has 0 saturated carbocycles. The molecule has 1 heterocycles. The highest BCUT2D eigenvalue weighted by Gasteiger charge is 2.07. The number of carboxylic acids is 1. The molecule has 0 unspecified atom stereocenters. The largest absolute Gasteiger partial charge is 0.494 e. The van der Waals surface area contributed by atoms with Crippen molar-refractivity contribution in [2.45, 2.75) is 26.7 Å². The van der Waals surface area contributed by atoms with Gasteiger partial charge in [0, 0.05) is 11.3 Å². The first-order valence-corrected chi connectivity index (χ1v) is 7.01. The highest BCUT2D eigenvalue weighted by molar-refractivity contribution is 5.71. The maximum atomic E-state index is 10.8. The Kier molecular flexibility index (Phi) is 4.93. The number of carbonyl (C=O) groups is 1. The molecule has 21 heavy (non-hydrogen) atoms. The third-order valence-electron chi connectivity index (χ3n) is 3.16. The van der Waals surface area contributed by atoms with E-state index >= 15 is 0 Å². The summed E-state index contributed by atoms with van der Waals surface area (Å²) in [5, 5.41) is 8.84. The first-order valence-electron chi connectivity index (χ1n) is 7.01. The molecule has 1 aromatic heterocycles. The summed E-state index contributed by atoms with van der Waals surface area (Å²) in [6.45, 7) is 4.61. The summed E-state index contributed by atoms with van der Waals surface area (Å²) in [5.41, 5.74) is 3.32. The van der Waals surface area contributed by atoms with Gasteiger partial charge in [0.15, 0.2) is 0 Å². The number of aryl methyl sites for hydroxylation is 1. The monoisotopic (exact) mass is 285 g/mol. The fourth-order valence-electron chi connectivity index (χ4n) is 2.04. The number of hydrogen-bond acceptors (Lipinski definition) is 3. The van der Waals surface area contributed by atoms with Crippen LogP contribution in [0.15, 0.2) is 36.4 Å². The zero-order chi connectivity index (χ0) is 15.2. The Labute approximate surface area is 124 Å². The van der Waals surface area contributed by atoms with E-state index in [1.165, 1.54) is 0 Å². The van der Waals surface area contributed by atoms with Crippen molar-refractivity contribution in [2.24, 2.45) is 0 Å². The number of ether oxygens (including phenoxy) is 1. The summed E-state index contributed by atoms with van der Waals surface area (Å²) in [6.07, 6.45) is 0.983. The fourth-order valence-corrected chi connectivity index (χ4v) is 2.04. The van der Waals surface area contributed by atoms with Gasteiger partial charge in [-0.2, -0.15) is 0 Å². The van der Waals surface area contributed by atoms with Crippen molar-refractivity contribution in [3.05, 3.63) is 47.7 Å². The summed E-state index contributed by atoms with van der Waals surface area (Å²) in [6, 6.07) is 11.5. The zero-order valence-electron chi connectivity index (χ0n) is 12.3. The molecule has 0 amide bonds. The molecule has 0 spiro atoms. The second-order valence-corrected chi connectivity index (χ2v) is 4.88. The van der Waals surface area contributed by atoms with Crippen LogP contribution in [0.5, 0.6) is 5.75 Å². The predicted molar refractivity (Wildman–Crippen MR) is 81.5 cm³/mol. The topological polar surface area (TPSA) is 59.4 Å². The molecule has 0 bridgehead atoms. The molecule has 110 valence electrons. The molecule has 1 aromatic carbocycles. The molecule has 2 aromatic rings. The molecule has 0 aliphatic heterocycles. The van der Waals surface area contributed by atoms with Crippen LogP contribution < -0.4 is 4.74 Å². The van der Waals surface area contributed by atoms with E-state index in [1.807, 2.05) is 43.3 Å². The van der Waals surface area contributed by atoms with Gasteiger partial charge in [-0.05, 0) is 49.2 Å².